The van der Waals surface area contributed by atoms with Gasteiger partial charge in [-0.3, -0.25) is 0 Å². The molecule has 1 heterocycles. The molecular weight excluding hydrogens is 252 g/mol. The van der Waals surface area contributed by atoms with Crippen molar-refractivity contribution in [3.63, 3.8) is 0 Å². The maximum Gasteiger partial charge on any atom is 0.407 e. The van der Waals surface area contributed by atoms with Crippen molar-refractivity contribution in [1.82, 2.24) is 10.2 Å². The number of likely N-dealkylation sites (tertiary alicyclic amines) is 1. The van der Waals surface area contributed by atoms with Gasteiger partial charge in [0.15, 0.2) is 0 Å². The van der Waals surface area contributed by atoms with Gasteiger partial charge in [-0.1, -0.05) is 44.2 Å². The number of carbonyl (C=O) groups is 1. The molecule has 20 heavy (non-hydrogen) atoms. The topological polar surface area (TPSA) is 52.6 Å². The highest BCUT2D eigenvalue weighted by molar-refractivity contribution is 5.65. The van der Waals surface area contributed by atoms with Crippen molar-refractivity contribution in [1.29, 1.82) is 0 Å². The Morgan fingerprint density at radius 1 is 1.40 bits per heavy atom. The molecule has 2 rings (SSSR count). The Balaban J connectivity index is 2.01. The van der Waals surface area contributed by atoms with Gasteiger partial charge in [-0.05, 0) is 24.3 Å². The highest BCUT2D eigenvalue weighted by Crippen LogP contribution is 2.31. The van der Waals surface area contributed by atoms with E-state index in [4.69, 9.17) is 5.11 Å². The Hall–Kier alpha value is -1.55. The quantitative estimate of drug-likeness (QED) is 0.892. The zero-order chi connectivity index (χ0) is 14.8. The van der Waals surface area contributed by atoms with Crippen molar-refractivity contribution in [2.45, 2.75) is 39.3 Å². The van der Waals surface area contributed by atoms with Crippen LogP contribution in [0.4, 0.5) is 4.79 Å². The van der Waals surface area contributed by atoms with E-state index < -0.39 is 6.09 Å². The molecule has 1 unspecified atom stereocenters. The smallest absolute Gasteiger partial charge is 0.407 e. The summed E-state index contributed by atoms with van der Waals surface area (Å²) in [5, 5.41) is 12.8. The van der Waals surface area contributed by atoms with Crippen molar-refractivity contribution in [3.05, 3.63) is 35.9 Å². The molecule has 0 aromatic heterocycles. The van der Waals surface area contributed by atoms with Gasteiger partial charge in [0.25, 0.3) is 0 Å². The van der Waals surface area contributed by atoms with Gasteiger partial charge in [0.1, 0.15) is 0 Å². The van der Waals surface area contributed by atoms with Gasteiger partial charge >= 0.3 is 6.09 Å². The summed E-state index contributed by atoms with van der Waals surface area (Å²) in [4.78, 5) is 12.6. The van der Waals surface area contributed by atoms with E-state index in [1.54, 1.807) is 0 Å². The molecular formula is C16H24N2O2. The minimum atomic E-state index is -0.812. The summed E-state index contributed by atoms with van der Waals surface area (Å²) in [6, 6.07) is 11.0. The minimum Gasteiger partial charge on any atom is -0.465 e. The monoisotopic (exact) mass is 276 g/mol. The Morgan fingerprint density at radius 2 is 2.05 bits per heavy atom. The maximum atomic E-state index is 11.1. The van der Waals surface area contributed by atoms with Crippen LogP contribution >= 0.6 is 0 Å². The Morgan fingerprint density at radius 3 is 2.60 bits per heavy atom. The summed E-state index contributed by atoms with van der Waals surface area (Å²) in [5.41, 5.74) is 1.21. The Kier molecular flexibility index (Phi) is 4.33. The molecule has 0 spiro atoms. The van der Waals surface area contributed by atoms with Gasteiger partial charge < -0.3 is 15.3 Å². The van der Waals surface area contributed by atoms with E-state index in [9.17, 15) is 4.79 Å². The van der Waals surface area contributed by atoms with Crippen LogP contribution in [-0.4, -0.2) is 35.2 Å². The molecule has 1 aliphatic heterocycles. The normalized spacial score (nSPS) is 23.4. The lowest BCUT2D eigenvalue weighted by Crippen LogP contribution is -2.55. The van der Waals surface area contributed by atoms with Gasteiger partial charge in [-0.25, -0.2) is 4.79 Å². The predicted octanol–water partition coefficient (Wildman–Crippen LogP) is 3.12. The molecule has 2 N–H and O–H groups in total. The fraction of sp³-hybridized carbons (Fsp3) is 0.562. The molecule has 1 aliphatic rings. The number of amides is 1. The third-order valence-electron chi connectivity index (χ3n) is 4.25. The minimum absolute atomic E-state index is 0.0559. The first-order valence-electron chi connectivity index (χ1n) is 7.19. The molecule has 1 fully saturated rings. The molecule has 1 amide bonds. The lowest BCUT2D eigenvalue weighted by molar-refractivity contribution is 0.0670. The fourth-order valence-corrected chi connectivity index (χ4v) is 2.97. The van der Waals surface area contributed by atoms with Crippen LogP contribution in [-0.2, 0) is 0 Å². The molecule has 110 valence electrons. The second-order valence-electron chi connectivity index (χ2n) is 6.33. The van der Waals surface area contributed by atoms with Crippen LogP contribution in [0.1, 0.15) is 38.8 Å². The van der Waals surface area contributed by atoms with Gasteiger partial charge in [0.2, 0.25) is 0 Å². The third kappa shape index (κ3) is 3.31. The number of nitrogens with zero attached hydrogens (tertiary/aromatic N) is 1. The van der Waals surface area contributed by atoms with Gasteiger partial charge in [-0.2, -0.15) is 0 Å². The molecule has 4 nitrogen and oxygen atoms in total. The highest BCUT2D eigenvalue weighted by atomic mass is 16.4. The van der Waals surface area contributed by atoms with Crippen LogP contribution in [0.15, 0.2) is 30.3 Å². The average Bonchev–Trinajstić information content (AvgIpc) is 2.41. The summed E-state index contributed by atoms with van der Waals surface area (Å²) in [7, 11) is 0. The van der Waals surface area contributed by atoms with Crippen molar-refractivity contribution in [2.75, 3.05) is 13.1 Å². The van der Waals surface area contributed by atoms with Crippen LogP contribution < -0.4 is 5.32 Å². The summed E-state index contributed by atoms with van der Waals surface area (Å²) in [6.45, 7) is 7.63. The number of hydrogen-bond acceptors (Lipinski definition) is 2. The second-order valence-corrected chi connectivity index (χ2v) is 6.33. The molecule has 0 aliphatic carbocycles. The van der Waals surface area contributed by atoms with Gasteiger partial charge in [0.05, 0.1) is 0 Å². The molecule has 4 heteroatoms. The molecule has 1 aromatic rings. The molecule has 0 radical (unpaired) electrons. The number of nitrogens with one attached hydrogen (secondary N) is 1. The lowest BCUT2D eigenvalue weighted by Gasteiger charge is -2.44. The first-order valence-corrected chi connectivity index (χ1v) is 7.19. The predicted molar refractivity (Wildman–Crippen MR) is 79.8 cm³/mol. The van der Waals surface area contributed by atoms with E-state index >= 15 is 0 Å². The Labute approximate surface area is 120 Å². The summed E-state index contributed by atoms with van der Waals surface area (Å²) < 4.78 is 0. The number of carboxylic acid groups (broad SMARTS) is 1. The average molecular weight is 276 g/mol. The number of piperidine rings is 1. The van der Waals surface area contributed by atoms with E-state index in [0.717, 1.165) is 6.42 Å². The zero-order valence-electron chi connectivity index (χ0n) is 12.5. The number of hydrogen-bond donors (Lipinski definition) is 2. The summed E-state index contributed by atoms with van der Waals surface area (Å²) in [6.07, 6.45) is 0.0452. The van der Waals surface area contributed by atoms with Crippen LogP contribution in [0.2, 0.25) is 0 Å². The number of benzene rings is 1. The van der Waals surface area contributed by atoms with Crippen molar-refractivity contribution in [2.24, 2.45) is 5.41 Å². The van der Waals surface area contributed by atoms with Crippen LogP contribution in [0, 0.1) is 5.41 Å². The van der Waals surface area contributed by atoms with E-state index in [1.165, 1.54) is 10.5 Å². The highest BCUT2D eigenvalue weighted by Gasteiger charge is 2.38. The van der Waals surface area contributed by atoms with Gasteiger partial charge in [0, 0.05) is 25.2 Å². The van der Waals surface area contributed by atoms with Crippen LogP contribution in [0.5, 0.6) is 0 Å². The Bertz CT molecular complexity index is 459. The summed E-state index contributed by atoms with van der Waals surface area (Å²) >= 11 is 0. The first kappa shape index (κ1) is 14.9. The fourth-order valence-electron chi connectivity index (χ4n) is 2.97. The van der Waals surface area contributed by atoms with E-state index in [0.29, 0.717) is 19.1 Å². The van der Waals surface area contributed by atoms with E-state index in [-0.39, 0.29) is 11.5 Å². The standard InChI is InChI=1S/C16H24N2O2/c1-12(13-7-5-4-6-8-13)17-14-9-10-18(15(19)20)11-16(14,2)3/h4-8,12,14,17H,9-11H2,1-3H3,(H,19,20)/t12-,14?/m1/s1. The van der Waals surface area contributed by atoms with Crippen molar-refractivity contribution >= 4 is 6.09 Å². The summed E-state index contributed by atoms with van der Waals surface area (Å²) in [5.74, 6) is 0. The zero-order valence-corrected chi connectivity index (χ0v) is 12.5. The van der Waals surface area contributed by atoms with Crippen molar-refractivity contribution in [3.8, 4) is 0 Å². The van der Waals surface area contributed by atoms with E-state index in [2.05, 4.69) is 38.2 Å². The molecule has 1 aromatic carbocycles. The maximum absolute atomic E-state index is 11.1. The number of rotatable bonds is 3. The van der Waals surface area contributed by atoms with Crippen LogP contribution in [0.25, 0.3) is 0 Å². The largest absolute Gasteiger partial charge is 0.465 e. The van der Waals surface area contributed by atoms with Crippen LogP contribution in [0.3, 0.4) is 0 Å². The SMILES string of the molecule is C[C@@H](NC1CCN(C(=O)O)CC1(C)C)c1ccccc1. The molecule has 2 atom stereocenters. The molecule has 0 saturated carbocycles. The van der Waals surface area contributed by atoms with Gasteiger partial charge in [-0.15, -0.1) is 0 Å². The van der Waals surface area contributed by atoms with E-state index in [1.807, 2.05) is 18.2 Å². The third-order valence-corrected chi connectivity index (χ3v) is 4.25. The van der Waals surface area contributed by atoms with Crippen molar-refractivity contribution < 1.29 is 9.90 Å². The second kappa shape index (κ2) is 5.83. The first-order chi connectivity index (χ1) is 9.40. The lowest BCUT2D eigenvalue weighted by atomic mass is 9.78. The molecule has 1 saturated heterocycles. The molecule has 0 bridgehead atoms.